The molecule has 0 spiro atoms. The number of carbonyl (C=O) groups excluding carboxylic acids is 1. The first kappa shape index (κ1) is 17.4. The Balaban J connectivity index is 1.85. The van der Waals surface area contributed by atoms with Crippen molar-refractivity contribution in [2.75, 3.05) is 12.4 Å². The third kappa shape index (κ3) is 3.79. The van der Waals surface area contributed by atoms with E-state index in [2.05, 4.69) is 25.1 Å². The number of hydrogen-bond donors (Lipinski definition) is 1. The summed E-state index contributed by atoms with van der Waals surface area (Å²) in [6.07, 6.45) is 4.73. The van der Waals surface area contributed by atoms with Crippen molar-refractivity contribution in [1.82, 2.24) is 19.7 Å². The van der Waals surface area contributed by atoms with E-state index in [9.17, 15) is 4.79 Å². The van der Waals surface area contributed by atoms with Gasteiger partial charge in [0, 0.05) is 11.8 Å². The lowest BCUT2D eigenvalue weighted by Gasteiger charge is -2.07. The average molecular weight is 369 g/mol. The maximum absolute atomic E-state index is 11.5. The summed E-state index contributed by atoms with van der Waals surface area (Å²) in [7, 11) is 1.33. The second kappa shape index (κ2) is 7.63. The van der Waals surface area contributed by atoms with Crippen molar-refractivity contribution in [1.29, 1.82) is 5.26 Å². The van der Waals surface area contributed by atoms with Crippen molar-refractivity contribution in [3.63, 3.8) is 0 Å². The summed E-state index contributed by atoms with van der Waals surface area (Å²) in [5, 5.41) is 16.1. The lowest BCUT2D eigenvalue weighted by Crippen LogP contribution is -2.01. The standard InChI is InChI=1S/C17H13ClN6O2/c1-26-16(25)12-4-2-11(3-5-12)15-14(18)9-20-17(23-15)22-13-8-21-24(10-13)7-6-19/h2-5,8-10H,7H2,1H3,(H,20,22,23). The van der Waals surface area contributed by atoms with Gasteiger partial charge < -0.3 is 10.1 Å². The monoisotopic (exact) mass is 368 g/mol. The van der Waals surface area contributed by atoms with Crippen LogP contribution in [0.25, 0.3) is 11.3 Å². The lowest BCUT2D eigenvalue weighted by molar-refractivity contribution is 0.0601. The molecule has 3 aromatic rings. The predicted octanol–water partition coefficient (Wildman–Crippen LogP) is 3.05. The Morgan fingerprint density at radius 2 is 2.12 bits per heavy atom. The number of carbonyl (C=O) groups is 1. The summed E-state index contributed by atoms with van der Waals surface area (Å²) in [4.78, 5) is 20.1. The van der Waals surface area contributed by atoms with Crippen LogP contribution < -0.4 is 5.32 Å². The Morgan fingerprint density at radius 3 is 2.81 bits per heavy atom. The molecule has 0 unspecified atom stereocenters. The molecule has 2 heterocycles. The predicted molar refractivity (Wildman–Crippen MR) is 94.9 cm³/mol. The van der Waals surface area contributed by atoms with E-state index in [0.717, 1.165) is 5.56 Å². The zero-order valence-electron chi connectivity index (χ0n) is 13.7. The number of methoxy groups -OCH3 is 1. The van der Waals surface area contributed by atoms with Gasteiger partial charge in [-0.15, -0.1) is 0 Å². The first-order valence-corrected chi connectivity index (χ1v) is 7.86. The molecular formula is C17H13ClN6O2. The van der Waals surface area contributed by atoms with Gasteiger partial charge in [-0.05, 0) is 12.1 Å². The molecule has 3 rings (SSSR count). The second-order valence-electron chi connectivity index (χ2n) is 5.17. The molecule has 0 saturated heterocycles. The van der Waals surface area contributed by atoms with Crippen molar-refractivity contribution < 1.29 is 9.53 Å². The van der Waals surface area contributed by atoms with Crippen molar-refractivity contribution in [3.05, 3.63) is 53.4 Å². The van der Waals surface area contributed by atoms with Gasteiger partial charge in [0.25, 0.3) is 0 Å². The van der Waals surface area contributed by atoms with Crippen LogP contribution in [0.5, 0.6) is 0 Å². The molecule has 0 fully saturated rings. The number of halogens is 1. The van der Waals surface area contributed by atoms with Gasteiger partial charge in [-0.2, -0.15) is 10.4 Å². The summed E-state index contributed by atoms with van der Waals surface area (Å²) in [5.41, 5.74) is 2.33. The zero-order chi connectivity index (χ0) is 18.5. The van der Waals surface area contributed by atoms with E-state index in [4.69, 9.17) is 16.9 Å². The van der Waals surface area contributed by atoms with Gasteiger partial charge in [0.2, 0.25) is 5.95 Å². The first-order chi connectivity index (χ1) is 12.6. The topological polar surface area (TPSA) is 106 Å². The van der Waals surface area contributed by atoms with E-state index in [1.807, 2.05) is 6.07 Å². The molecule has 1 N–H and O–H groups in total. The van der Waals surface area contributed by atoms with E-state index >= 15 is 0 Å². The molecule has 0 atom stereocenters. The first-order valence-electron chi connectivity index (χ1n) is 7.48. The number of aromatic nitrogens is 4. The fraction of sp³-hybridized carbons (Fsp3) is 0.118. The summed E-state index contributed by atoms with van der Waals surface area (Å²) < 4.78 is 6.17. The van der Waals surface area contributed by atoms with Crippen LogP contribution in [-0.4, -0.2) is 32.8 Å². The Kier molecular flexibility index (Phi) is 5.10. The molecule has 0 amide bonds. The molecule has 1 aromatic carbocycles. The third-order valence-electron chi connectivity index (χ3n) is 3.45. The molecule has 2 aromatic heterocycles. The van der Waals surface area contributed by atoms with Gasteiger partial charge in [0.05, 0.1) is 47.5 Å². The van der Waals surface area contributed by atoms with Crippen molar-refractivity contribution in [3.8, 4) is 17.3 Å². The molecule has 130 valence electrons. The van der Waals surface area contributed by atoms with Crippen LogP contribution in [0.1, 0.15) is 10.4 Å². The van der Waals surface area contributed by atoms with Gasteiger partial charge in [-0.1, -0.05) is 23.7 Å². The highest BCUT2D eigenvalue weighted by molar-refractivity contribution is 6.32. The van der Waals surface area contributed by atoms with Gasteiger partial charge in [-0.25, -0.2) is 14.8 Å². The molecule has 0 radical (unpaired) electrons. The minimum atomic E-state index is -0.415. The largest absolute Gasteiger partial charge is 0.465 e. The van der Waals surface area contributed by atoms with Gasteiger partial charge >= 0.3 is 5.97 Å². The Labute approximate surface area is 154 Å². The minimum absolute atomic E-state index is 0.154. The van der Waals surface area contributed by atoms with Crippen LogP contribution in [-0.2, 0) is 11.3 Å². The second-order valence-corrected chi connectivity index (χ2v) is 5.58. The van der Waals surface area contributed by atoms with E-state index in [1.165, 1.54) is 18.0 Å². The van der Waals surface area contributed by atoms with Gasteiger partial charge in [0.15, 0.2) is 0 Å². The number of benzene rings is 1. The maximum Gasteiger partial charge on any atom is 0.337 e. The number of esters is 1. The Hall–Kier alpha value is -3.44. The summed E-state index contributed by atoms with van der Waals surface area (Å²) in [6.45, 7) is 0.154. The number of rotatable bonds is 5. The summed E-state index contributed by atoms with van der Waals surface area (Å²) in [6, 6.07) is 8.74. The van der Waals surface area contributed by atoms with E-state index in [0.29, 0.717) is 27.9 Å². The summed E-state index contributed by atoms with van der Waals surface area (Å²) in [5.74, 6) is -0.0833. The van der Waals surface area contributed by atoms with Crippen molar-refractivity contribution in [2.24, 2.45) is 0 Å². The smallest absolute Gasteiger partial charge is 0.337 e. The number of ether oxygens (including phenoxy) is 1. The SMILES string of the molecule is COC(=O)c1ccc(-c2nc(Nc3cnn(CC#N)c3)ncc2Cl)cc1. The van der Waals surface area contributed by atoms with E-state index < -0.39 is 5.97 Å². The van der Waals surface area contributed by atoms with E-state index in [-0.39, 0.29) is 6.54 Å². The van der Waals surface area contributed by atoms with Crippen LogP contribution in [0.15, 0.2) is 42.9 Å². The molecule has 0 saturated carbocycles. The fourth-order valence-corrected chi connectivity index (χ4v) is 2.43. The highest BCUT2D eigenvalue weighted by Gasteiger charge is 2.11. The maximum atomic E-state index is 11.5. The van der Waals surface area contributed by atoms with Gasteiger partial charge in [-0.3, -0.25) is 4.68 Å². The Morgan fingerprint density at radius 1 is 1.35 bits per heavy atom. The van der Waals surface area contributed by atoms with Gasteiger partial charge in [0.1, 0.15) is 6.54 Å². The molecule has 0 aliphatic rings. The number of nitriles is 1. The lowest BCUT2D eigenvalue weighted by atomic mass is 10.1. The average Bonchev–Trinajstić information content (AvgIpc) is 3.10. The normalized spacial score (nSPS) is 10.2. The zero-order valence-corrected chi connectivity index (χ0v) is 14.4. The van der Waals surface area contributed by atoms with E-state index in [1.54, 1.807) is 36.7 Å². The van der Waals surface area contributed by atoms with Crippen molar-refractivity contribution >= 4 is 29.2 Å². The molecule has 0 bridgehead atoms. The molecular weight excluding hydrogens is 356 g/mol. The quantitative estimate of drug-likeness (QED) is 0.690. The van der Waals surface area contributed by atoms with Crippen LogP contribution in [0.3, 0.4) is 0 Å². The number of nitrogens with zero attached hydrogens (tertiary/aromatic N) is 5. The number of anilines is 2. The highest BCUT2D eigenvalue weighted by Crippen LogP contribution is 2.27. The van der Waals surface area contributed by atoms with Crippen molar-refractivity contribution in [2.45, 2.75) is 6.54 Å². The molecule has 26 heavy (non-hydrogen) atoms. The summed E-state index contributed by atoms with van der Waals surface area (Å²) >= 11 is 6.21. The number of nitrogens with one attached hydrogen (secondary N) is 1. The molecule has 8 nitrogen and oxygen atoms in total. The van der Waals surface area contributed by atoms with Crippen LogP contribution in [0, 0.1) is 11.3 Å². The minimum Gasteiger partial charge on any atom is -0.465 e. The third-order valence-corrected chi connectivity index (χ3v) is 3.72. The Bertz CT molecular complexity index is 978. The highest BCUT2D eigenvalue weighted by atomic mass is 35.5. The number of hydrogen-bond acceptors (Lipinski definition) is 7. The molecule has 0 aliphatic heterocycles. The fourth-order valence-electron chi connectivity index (χ4n) is 2.23. The van der Waals surface area contributed by atoms with Crippen LogP contribution in [0.4, 0.5) is 11.6 Å². The molecule has 9 heteroatoms. The molecule has 0 aliphatic carbocycles. The van der Waals surface area contributed by atoms with Crippen LogP contribution in [0.2, 0.25) is 5.02 Å². The van der Waals surface area contributed by atoms with Crippen LogP contribution >= 0.6 is 11.6 Å².